The standard InChI is InChI=1S/C15H22BNO3/c1-2-3-8-19-12-6-4-11(5-7-12)9-13(14-10-20-14)17-15(16)18/h4-7,13-14H,2-3,8-10,16H2,1H3,(H,17,18)/t13-,14-/m1/s1. The molecule has 0 aliphatic carbocycles. The van der Waals surface area contributed by atoms with E-state index in [0.29, 0.717) is 0 Å². The number of epoxide rings is 1. The topological polar surface area (TPSA) is 50.9 Å². The molecular weight excluding hydrogens is 253 g/mol. The largest absolute Gasteiger partial charge is 0.494 e. The molecule has 0 unspecified atom stereocenters. The minimum atomic E-state index is -0.00924. The first kappa shape index (κ1) is 14.9. The van der Waals surface area contributed by atoms with Gasteiger partial charge in [0.2, 0.25) is 7.85 Å². The van der Waals surface area contributed by atoms with Crippen molar-refractivity contribution in [2.75, 3.05) is 13.2 Å². The highest BCUT2D eigenvalue weighted by Crippen LogP contribution is 2.20. The highest BCUT2D eigenvalue weighted by Gasteiger charge is 2.33. The summed E-state index contributed by atoms with van der Waals surface area (Å²) >= 11 is 0. The Kier molecular flexibility index (Phi) is 5.47. The molecule has 1 aliphatic heterocycles. The molecule has 2 atom stereocenters. The normalized spacial score (nSPS) is 18.4. The maximum absolute atomic E-state index is 11.2. The van der Waals surface area contributed by atoms with Crippen molar-refractivity contribution in [3.8, 4) is 5.75 Å². The molecule has 1 saturated heterocycles. The highest BCUT2D eigenvalue weighted by molar-refractivity contribution is 6.57. The summed E-state index contributed by atoms with van der Waals surface area (Å²) in [6, 6.07) is 8.16. The second-order valence-electron chi connectivity index (χ2n) is 5.23. The number of carbonyl (C=O) groups excluding carboxylic acids is 1. The zero-order chi connectivity index (χ0) is 14.4. The first-order valence-corrected chi connectivity index (χ1v) is 7.29. The summed E-state index contributed by atoms with van der Waals surface area (Å²) in [5.74, 6) is 0.894. The van der Waals surface area contributed by atoms with Crippen molar-refractivity contribution < 1.29 is 14.3 Å². The van der Waals surface area contributed by atoms with Crippen molar-refractivity contribution >= 4 is 13.7 Å². The van der Waals surface area contributed by atoms with Crippen LogP contribution in [0.5, 0.6) is 5.75 Å². The van der Waals surface area contributed by atoms with Crippen LogP contribution in [-0.2, 0) is 11.2 Å². The van der Waals surface area contributed by atoms with Crippen LogP contribution in [0.2, 0.25) is 0 Å². The third-order valence-corrected chi connectivity index (χ3v) is 3.34. The molecule has 0 spiro atoms. The van der Waals surface area contributed by atoms with Gasteiger partial charge in [0.25, 0.3) is 0 Å². The Balaban J connectivity index is 1.86. The molecule has 1 amide bonds. The SMILES string of the molecule is BC(=O)N[C@H](Cc1ccc(OCCCC)cc1)[C@H]1CO1. The average Bonchev–Trinajstić information content (AvgIpc) is 3.24. The summed E-state index contributed by atoms with van der Waals surface area (Å²) < 4.78 is 10.9. The van der Waals surface area contributed by atoms with Gasteiger partial charge >= 0.3 is 0 Å². The summed E-state index contributed by atoms with van der Waals surface area (Å²) in [5, 5.41) is 2.95. The summed E-state index contributed by atoms with van der Waals surface area (Å²) in [6.45, 7) is 3.65. The van der Waals surface area contributed by atoms with Gasteiger partial charge in [-0.25, -0.2) is 0 Å². The predicted molar refractivity (Wildman–Crippen MR) is 81.2 cm³/mol. The summed E-state index contributed by atoms with van der Waals surface area (Å²) in [4.78, 5) is 11.2. The van der Waals surface area contributed by atoms with E-state index in [-0.39, 0.29) is 18.0 Å². The lowest BCUT2D eigenvalue weighted by atomic mass is 10.0. The van der Waals surface area contributed by atoms with Crippen molar-refractivity contribution in [1.29, 1.82) is 0 Å². The highest BCUT2D eigenvalue weighted by atomic mass is 16.6. The molecule has 2 rings (SSSR count). The van der Waals surface area contributed by atoms with Gasteiger partial charge in [-0.05, 0) is 30.5 Å². The zero-order valence-corrected chi connectivity index (χ0v) is 12.2. The fourth-order valence-electron chi connectivity index (χ4n) is 2.13. The lowest BCUT2D eigenvalue weighted by molar-refractivity contribution is 0.251. The van der Waals surface area contributed by atoms with Gasteiger partial charge in [-0.2, -0.15) is 0 Å². The van der Waals surface area contributed by atoms with Gasteiger partial charge in [-0.15, -0.1) is 0 Å². The van der Waals surface area contributed by atoms with Crippen LogP contribution in [0, 0.1) is 0 Å². The van der Waals surface area contributed by atoms with Gasteiger partial charge in [-0.1, -0.05) is 25.5 Å². The minimum absolute atomic E-state index is 0.00924. The lowest BCUT2D eigenvalue weighted by Gasteiger charge is -2.16. The smallest absolute Gasteiger partial charge is 0.215 e. The first-order valence-electron chi connectivity index (χ1n) is 7.29. The lowest BCUT2D eigenvalue weighted by Crippen LogP contribution is -2.39. The second kappa shape index (κ2) is 7.34. The molecule has 1 aromatic carbocycles. The maximum Gasteiger partial charge on any atom is 0.215 e. The molecule has 1 heterocycles. The Morgan fingerprint density at radius 2 is 2.20 bits per heavy atom. The third-order valence-electron chi connectivity index (χ3n) is 3.34. The van der Waals surface area contributed by atoms with Gasteiger partial charge in [0.05, 0.1) is 19.3 Å². The fraction of sp³-hybridized carbons (Fsp3) is 0.533. The third kappa shape index (κ3) is 4.89. The van der Waals surface area contributed by atoms with Crippen LogP contribution in [0.25, 0.3) is 0 Å². The maximum atomic E-state index is 11.2. The molecule has 1 fully saturated rings. The average molecular weight is 275 g/mol. The molecule has 0 saturated carbocycles. The van der Waals surface area contributed by atoms with E-state index in [9.17, 15) is 4.79 Å². The molecule has 4 nitrogen and oxygen atoms in total. The Labute approximate surface area is 121 Å². The van der Waals surface area contributed by atoms with Crippen LogP contribution in [0.15, 0.2) is 24.3 Å². The molecule has 0 radical (unpaired) electrons. The van der Waals surface area contributed by atoms with E-state index < -0.39 is 0 Å². The summed E-state index contributed by atoms with van der Waals surface area (Å²) in [7, 11) is 1.54. The number of carbonyl (C=O) groups is 1. The molecule has 1 N–H and O–H groups in total. The van der Waals surface area contributed by atoms with Gasteiger partial charge in [-0.3, -0.25) is 4.79 Å². The van der Waals surface area contributed by atoms with Crippen molar-refractivity contribution in [3.63, 3.8) is 0 Å². The molecule has 1 aromatic rings. The molecule has 108 valence electrons. The number of unbranched alkanes of at least 4 members (excludes halogenated alkanes) is 1. The monoisotopic (exact) mass is 275 g/mol. The quantitative estimate of drug-likeness (QED) is 0.444. The number of amides is 1. The minimum Gasteiger partial charge on any atom is -0.494 e. The second-order valence-corrected chi connectivity index (χ2v) is 5.23. The fourth-order valence-corrected chi connectivity index (χ4v) is 2.13. The number of ether oxygens (including phenoxy) is 2. The molecule has 1 aliphatic rings. The number of benzene rings is 1. The molecular formula is C15H22BNO3. The van der Waals surface area contributed by atoms with Crippen LogP contribution in [-0.4, -0.2) is 39.0 Å². The van der Waals surface area contributed by atoms with Crippen LogP contribution < -0.4 is 10.1 Å². The molecule has 0 bridgehead atoms. The van der Waals surface area contributed by atoms with E-state index >= 15 is 0 Å². The predicted octanol–water partition coefficient (Wildman–Crippen LogP) is 1.52. The Bertz CT molecular complexity index is 431. The Morgan fingerprint density at radius 3 is 2.75 bits per heavy atom. The number of rotatable bonds is 8. The van der Waals surface area contributed by atoms with Crippen molar-refractivity contribution in [2.24, 2.45) is 0 Å². The van der Waals surface area contributed by atoms with E-state index in [0.717, 1.165) is 38.2 Å². The van der Waals surface area contributed by atoms with E-state index in [1.165, 1.54) is 5.56 Å². The van der Waals surface area contributed by atoms with Crippen LogP contribution >= 0.6 is 0 Å². The van der Waals surface area contributed by atoms with E-state index in [2.05, 4.69) is 24.4 Å². The van der Waals surface area contributed by atoms with Gasteiger partial charge < -0.3 is 14.8 Å². The van der Waals surface area contributed by atoms with Gasteiger partial charge in [0.1, 0.15) is 11.9 Å². The summed E-state index contributed by atoms with van der Waals surface area (Å²) in [6.07, 6.45) is 3.17. The van der Waals surface area contributed by atoms with E-state index in [1.54, 1.807) is 7.85 Å². The Hall–Kier alpha value is -1.49. The summed E-state index contributed by atoms with van der Waals surface area (Å²) in [5.41, 5.74) is 1.18. The van der Waals surface area contributed by atoms with Gasteiger partial charge in [0.15, 0.2) is 5.81 Å². The number of hydrogen-bond acceptors (Lipinski definition) is 3. The van der Waals surface area contributed by atoms with Crippen LogP contribution in [0.3, 0.4) is 0 Å². The number of nitrogens with one attached hydrogen (secondary N) is 1. The van der Waals surface area contributed by atoms with Crippen LogP contribution in [0.1, 0.15) is 25.3 Å². The Morgan fingerprint density at radius 1 is 1.50 bits per heavy atom. The first-order chi connectivity index (χ1) is 9.69. The van der Waals surface area contributed by atoms with Crippen molar-refractivity contribution in [2.45, 2.75) is 38.3 Å². The van der Waals surface area contributed by atoms with E-state index in [1.807, 2.05) is 12.1 Å². The molecule has 5 heteroatoms. The molecule has 0 aromatic heterocycles. The van der Waals surface area contributed by atoms with Crippen molar-refractivity contribution in [1.82, 2.24) is 5.32 Å². The number of hydrogen-bond donors (Lipinski definition) is 1. The zero-order valence-electron chi connectivity index (χ0n) is 12.2. The van der Waals surface area contributed by atoms with E-state index in [4.69, 9.17) is 9.47 Å². The van der Waals surface area contributed by atoms with Gasteiger partial charge in [0, 0.05) is 0 Å². The molecule has 20 heavy (non-hydrogen) atoms. The van der Waals surface area contributed by atoms with Crippen LogP contribution in [0.4, 0.5) is 4.79 Å². The van der Waals surface area contributed by atoms with Crippen molar-refractivity contribution in [3.05, 3.63) is 29.8 Å².